The van der Waals surface area contributed by atoms with Crippen LogP contribution in [0.3, 0.4) is 0 Å². The fraction of sp³-hybridized carbons (Fsp3) is 0.125. The standard InChI is InChI=1S/C24H17I2NO6S/c1-31-23(29)19-8-7-16(33-19)12-27-22(28)20(34-24(27)30)11-15-9-17(25)21(18(26)10-15)32-13-14-5-3-2-4-6-14/h2-11H,12-13H2,1H3/b20-11+. The number of carbonyl (C=O) groups excluding carboxylic acids is 3. The number of imide groups is 1. The molecule has 0 saturated carbocycles. The smallest absolute Gasteiger partial charge is 0.373 e. The van der Waals surface area contributed by atoms with Crippen LogP contribution in [0.2, 0.25) is 0 Å². The van der Waals surface area contributed by atoms with Crippen molar-refractivity contribution in [2.75, 3.05) is 7.11 Å². The first-order chi connectivity index (χ1) is 16.4. The lowest BCUT2D eigenvalue weighted by Gasteiger charge is -2.12. The van der Waals surface area contributed by atoms with Gasteiger partial charge in [0.1, 0.15) is 18.1 Å². The zero-order valence-electron chi connectivity index (χ0n) is 17.7. The van der Waals surface area contributed by atoms with E-state index in [-0.39, 0.29) is 12.3 Å². The molecule has 0 bridgehead atoms. The highest BCUT2D eigenvalue weighted by molar-refractivity contribution is 14.1. The van der Waals surface area contributed by atoms with Crippen LogP contribution in [0.25, 0.3) is 6.08 Å². The number of halogens is 2. The first-order valence-electron chi connectivity index (χ1n) is 9.94. The van der Waals surface area contributed by atoms with E-state index in [2.05, 4.69) is 49.9 Å². The van der Waals surface area contributed by atoms with Gasteiger partial charge in [0, 0.05) is 0 Å². The summed E-state index contributed by atoms with van der Waals surface area (Å²) in [7, 11) is 1.25. The highest BCUT2D eigenvalue weighted by Crippen LogP contribution is 2.36. The third-order valence-electron chi connectivity index (χ3n) is 4.78. The van der Waals surface area contributed by atoms with E-state index in [0.29, 0.717) is 17.3 Å². The SMILES string of the molecule is COC(=O)c1ccc(CN2C(=O)S/C(=C/c3cc(I)c(OCc4ccccc4)c(I)c3)C2=O)o1. The molecule has 1 aliphatic heterocycles. The van der Waals surface area contributed by atoms with Gasteiger partial charge >= 0.3 is 5.97 Å². The van der Waals surface area contributed by atoms with Gasteiger partial charge in [-0.25, -0.2) is 4.79 Å². The molecule has 2 amide bonds. The Morgan fingerprint density at radius 2 is 1.79 bits per heavy atom. The number of carbonyl (C=O) groups is 3. The molecule has 0 radical (unpaired) electrons. The number of nitrogens with zero attached hydrogens (tertiary/aromatic N) is 1. The number of benzene rings is 2. The molecule has 1 aliphatic rings. The minimum atomic E-state index is -0.624. The number of methoxy groups -OCH3 is 1. The second kappa shape index (κ2) is 11.0. The molecule has 4 rings (SSSR count). The topological polar surface area (TPSA) is 86.0 Å². The van der Waals surface area contributed by atoms with E-state index in [4.69, 9.17) is 9.15 Å². The number of ether oxygens (including phenoxy) is 2. The first-order valence-corrected chi connectivity index (χ1v) is 12.9. The van der Waals surface area contributed by atoms with Gasteiger partial charge in [-0.1, -0.05) is 30.3 Å². The van der Waals surface area contributed by atoms with Crippen LogP contribution in [0.5, 0.6) is 5.75 Å². The Labute approximate surface area is 227 Å². The number of amides is 2. The van der Waals surface area contributed by atoms with Crippen LogP contribution in [0, 0.1) is 7.14 Å². The second-order valence-electron chi connectivity index (χ2n) is 7.11. The molecule has 34 heavy (non-hydrogen) atoms. The summed E-state index contributed by atoms with van der Waals surface area (Å²) in [5, 5.41) is -0.403. The van der Waals surface area contributed by atoms with Crippen LogP contribution in [0.1, 0.15) is 27.4 Å². The third kappa shape index (κ3) is 5.66. The third-order valence-corrected chi connectivity index (χ3v) is 7.29. The number of hydrogen-bond acceptors (Lipinski definition) is 7. The van der Waals surface area contributed by atoms with Gasteiger partial charge in [0.05, 0.1) is 25.7 Å². The molecule has 1 aromatic heterocycles. The number of hydrogen-bond donors (Lipinski definition) is 0. The fourth-order valence-corrected chi connectivity index (χ4v) is 6.11. The van der Waals surface area contributed by atoms with Crippen LogP contribution < -0.4 is 4.74 Å². The van der Waals surface area contributed by atoms with Gasteiger partial charge in [0.2, 0.25) is 5.76 Å². The monoisotopic (exact) mass is 701 g/mol. The summed E-state index contributed by atoms with van der Waals surface area (Å²) >= 11 is 5.27. The predicted octanol–water partition coefficient (Wildman–Crippen LogP) is 6.09. The summed E-state index contributed by atoms with van der Waals surface area (Å²) in [5.74, 6) is 0.0577. The van der Waals surface area contributed by atoms with Gasteiger partial charge < -0.3 is 13.9 Å². The predicted molar refractivity (Wildman–Crippen MR) is 144 cm³/mol. The van der Waals surface area contributed by atoms with Gasteiger partial charge in [-0.15, -0.1) is 0 Å². The van der Waals surface area contributed by atoms with Crippen LogP contribution in [0.4, 0.5) is 4.79 Å². The van der Waals surface area contributed by atoms with Crippen molar-refractivity contribution >= 4 is 80.1 Å². The summed E-state index contributed by atoms with van der Waals surface area (Å²) in [5.41, 5.74) is 1.86. The van der Waals surface area contributed by atoms with E-state index in [9.17, 15) is 14.4 Å². The van der Waals surface area contributed by atoms with Crippen molar-refractivity contribution < 1.29 is 28.3 Å². The van der Waals surface area contributed by atoms with Crippen molar-refractivity contribution in [1.82, 2.24) is 4.90 Å². The summed E-state index contributed by atoms with van der Waals surface area (Å²) in [6.45, 7) is 0.385. The maximum Gasteiger partial charge on any atom is 0.373 e. The Hall–Kier alpha value is -2.32. The van der Waals surface area contributed by atoms with Gasteiger partial charge in [-0.2, -0.15) is 0 Å². The van der Waals surface area contributed by atoms with E-state index >= 15 is 0 Å². The molecule has 2 heterocycles. The lowest BCUT2D eigenvalue weighted by Crippen LogP contribution is -2.27. The molecule has 0 atom stereocenters. The zero-order valence-corrected chi connectivity index (χ0v) is 22.9. The maximum absolute atomic E-state index is 12.9. The normalized spacial score (nSPS) is 14.7. The lowest BCUT2D eigenvalue weighted by atomic mass is 10.2. The van der Waals surface area contributed by atoms with Crippen LogP contribution in [-0.4, -0.2) is 29.1 Å². The quantitative estimate of drug-likeness (QED) is 0.168. The molecule has 2 aromatic carbocycles. The summed E-state index contributed by atoms with van der Waals surface area (Å²) in [6.07, 6.45) is 1.69. The Balaban J connectivity index is 1.48. The van der Waals surface area contributed by atoms with E-state index in [0.717, 1.165) is 40.7 Å². The molecule has 0 unspecified atom stereocenters. The van der Waals surface area contributed by atoms with Gasteiger partial charge in [0.25, 0.3) is 11.1 Å². The van der Waals surface area contributed by atoms with Crippen molar-refractivity contribution in [2.24, 2.45) is 0 Å². The average molecular weight is 701 g/mol. The molecule has 10 heteroatoms. The van der Waals surface area contributed by atoms with Crippen molar-refractivity contribution in [3.63, 3.8) is 0 Å². The van der Waals surface area contributed by atoms with Crippen molar-refractivity contribution in [3.05, 3.63) is 89.3 Å². The van der Waals surface area contributed by atoms with E-state index < -0.39 is 17.1 Å². The van der Waals surface area contributed by atoms with Crippen molar-refractivity contribution in [1.29, 1.82) is 0 Å². The molecule has 0 aliphatic carbocycles. The molecule has 7 nitrogen and oxygen atoms in total. The fourth-order valence-electron chi connectivity index (χ4n) is 3.15. The molecule has 0 N–H and O–H groups in total. The summed E-state index contributed by atoms with van der Waals surface area (Å²) < 4.78 is 17.8. The Morgan fingerprint density at radius 1 is 1.09 bits per heavy atom. The van der Waals surface area contributed by atoms with Gasteiger partial charge in [-0.05, 0) is 98.4 Å². The minimum absolute atomic E-state index is 0.0127. The lowest BCUT2D eigenvalue weighted by molar-refractivity contribution is -0.123. The molecule has 0 spiro atoms. The largest absolute Gasteiger partial charge is 0.487 e. The van der Waals surface area contributed by atoms with Gasteiger partial charge in [0.15, 0.2) is 0 Å². The van der Waals surface area contributed by atoms with E-state index in [1.807, 2.05) is 42.5 Å². The first kappa shape index (κ1) is 24.8. The number of thioether (sulfide) groups is 1. The van der Waals surface area contributed by atoms with Crippen molar-refractivity contribution in [2.45, 2.75) is 13.2 Å². The Morgan fingerprint density at radius 3 is 2.47 bits per heavy atom. The number of rotatable bonds is 7. The molecule has 1 fully saturated rings. The van der Waals surface area contributed by atoms with E-state index in [1.165, 1.54) is 19.2 Å². The maximum atomic E-state index is 12.9. The minimum Gasteiger partial charge on any atom is -0.487 e. The number of esters is 1. The molecule has 174 valence electrons. The highest BCUT2D eigenvalue weighted by Gasteiger charge is 2.36. The molecule has 3 aromatic rings. The zero-order chi connectivity index (χ0) is 24.2. The molecular weight excluding hydrogens is 684 g/mol. The second-order valence-corrected chi connectivity index (χ2v) is 10.4. The Bertz CT molecular complexity index is 1260. The Kier molecular flexibility index (Phi) is 7.99. The van der Waals surface area contributed by atoms with E-state index in [1.54, 1.807) is 6.08 Å². The summed E-state index contributed by atoms with van der Waals surface area (Å²) in [4.78, 5) is 38.3. The molecular formula is C24H17I2NO6S. The van der Waals surface area contributed by atoms with Gasteiger partial charge in [-0.3, -0.25) is 14.5 Å². The average Bonchev–Trinajstić information content (AvgIpc) is 3.39. The summed E-state index contributed by atoms with van der Waals surface area (Å²) in [6, 6.07) is 16.7. The number of furan rings is 1. The van der Waals surface area contributed by atoms with Crippen molar-refractivity contribution in [3.8, 4) is 5.75 Å². The molecule has 1 saturated heterocycles. The van der Waals surface area contributed by atoms with Crippen LogP contribution in [0.15, 0.2) is 63.9 Å². The van der Waals surface area contributed by atoms with Crippen LogP contribution in [-0.2, 0) is 22.7 Å². The van der Waals surface area contributed by atoms with Crippen LogP contribution >= 0.6 is 56.9 Å². The highest BCUT2D eigenvalue weighted by atomic mass is 127.